The molecule has 3 aromatic rings. The van der Waals surface area contributed by atoms with Gasteiger partial charge in [-0.15, -0.1) is 11.5 Å². The van der Waals surface area contributed by atoms with Crippen molar-refractivity contribution in [2.75, 3.05) is 55.8 Å². The van der Waals surface area contributed by atoms with Gasteiger partial charge in [0.2, 0.25) is 11.1 Å². The number of thioether (sulfide) groups is 1. The molecule has 10 heteroatoms. The van der Waals surface area contributed by atoms with Gasteiger partial charge in [0.1, 0.15) is 5.75 Å². The van der Waals surface area contributed by atoms with Crippen LogP contribution in [0.15, 0.2) is 53.7 Å². The number of benzene rings is 2. The van der Waals surface area contributed by atoms with Crippen LogP contribution < -0.4 is 15.0 Å². The molecule has 1 aliphatic heterocycles. The molecule has 4 rings (SSSR count). The highest BCUT2D eigenvalue weighted by Gasteiger charge is 2.19. The van der Waals surface area contributed by atoms with Crippen molar-refractivity contribution in [2.24, 2.45) is 0 Å². The minimum Gasteiger partial charge on any atom is -0.497 e. The molecule has 0 atom stereocenters. The van der Waals surface area contributed by atoms with Crippen LogP contribution in [0.25, 0.3) is 5.69 Å². The molecular formula is C23H25N7O2S. The fourth-order valence-electron chi connectivity index (χ4n) is 3.60. The second-order valence-corrected chi connectivity index (χ2v) is 8.34. The van der Waals surface area contributed by atoms with E-state index in [1.165, 1.54) is 11.8 Å². The zero-order chi connectivity index (χ0) is 23.0. The first-order chi connectivity index (χ1) is 16.2. The highest BCUT2D eigenvalue weighted by Crippen LogP contribution is 2.27. The lowest BCUT2D eigenvalue weighted by Gasteiger charge is -2.36. The van der Waals surface area contributed by atoms with Gasteiger partial charge in [-0.1, -0.05) is 29.8 Å². The molecule has 1 fully saturated rings. The average Bonchev–Trinajstić information content (AvgIpc) is 3.33. The SMILES string of the molecule is C#CCN1CCN(c2ccccc2NC(=O)CSc2nnnn2-c2ccc(OC)cc2)CC1. The van der Waals surface area contributed by atoms with Crippen LogP contribution in [-0.2, 0) is 4.79 Å². The molecule has 0 spiro atoms. The van der Waals surface area contributed by atoms with Crippen molar-refractivity contribution in [3.05, 3.63) is 48.5 Å². The number of carbonyl (C=O) groups excluding carboxylic acids is 1. The minimum atomic E-state index is -0.123. The number of rotatable bonds is 8. The number of tetrazole rings is 1. The van der Waals surface area contributed by atoms with Crippen LogP contribution in [0.4, 0.5) is 11.4 Å². The molecule has 1 aliphatic rings. The molecule has 1 aromatic heterocycles. The number of hydrogen-bond donors (Lipinski definition) is 1. The van der Waals surface area contributed by atoms with E-state index in [1.807, 2.05) is 48.5 Å². The molecule has 0 bridgehead atoms. The summed E-state index contributed by atoms with van der Waals surface area (Å²) in [6.45, 7) is 4.19. The van der Waals surface area contributed by atoms with E-state index in [4.69, 9.17) is 11.2 Å². The van der Waals surface area contributed by atoms with E-state index in [1.54, 1.807) is 11.8 Å². The van der Waals surface area contributed by atoms with Crippen molar-refractivity contribution in [3.8, 4) is 23.8 Å². The lowest BCUT2D eigenvalue weighted by Crippen LogP contribution is -2.46. The molecule has 0 aliphatic carbocycles. The first-order valence-electron chi connectivity index (χ1n) is 10.5. The van der Waals surface area contributed by atoms with Crippen molar-refractivity contribution in [3.63, 3.8) is 0 Å². The van der Waals surface area contributed by atoms with Gasteiger partial charge in [0.15, 0.2) is 0 Å². The Labute approximate surface area is 197 Å². The number of nitrogens with one attached hydrogen (secondary N) is 1. The number of amides is 1. The molecule has 2 aromatic carbocycles. The predicted octanol–water partition coefficient (Wildman–Crippen LogP) is 2.16. The third kappa shape index (κ3) is 5.63. The van der Waals surface area contributed by atoms with E-state index in [0.29, 0.717) is 11.7 Å². The Kier molecular flexibility index (Phi) is 7.44. The summed E-state index contributed by atoms with van der Waals surface area (Å²) in [4.78, 5) is 17.3. The summed E-state index contributed by atoms with van der Waals surface area (Å²) in [7, 11) is 1.61. The summed E-state index contributed by atoms with van der Waals surface area (Å²) in [5.74, 6) is 3.51. The molecule has 0 radical (unpaired) electrons. The number of para-hydroxylation sites is 2. The molecule has 170 valence electrons. The molecule has 9 nitrogen and oxygen atoms in total. The Bertz CT molecular complexity index is 1120. The smallest absolute Gasteiger partial charge is 0.234 e. The number of aromatic nitrogens is 4. The zero-order valence-electron chi connectivity index (χ0n) is 18.3. The number of carbonyl (C=O) groups is 1. The molecule has 1 N–H and O–H groups in total. The molecule has 0 saturated carbocycles. The number of anilines is 2. The number of piperazine rings is 1. The number of ether oxygens (including phenoxy) is 1. The predicted molar refractivity (Wildman–Crippen MR) is 129 cm³/mol. The van der Waals surface area contributed by atoms with Gasteiger partial charge in [-0.05, 0) is 46.8 Å². The van der Waals surface area contributed by atoms with Gasteiger partial charge in [-0.3, -0.25) is 9.69 Å². The van der Waals surface area contributed by atoms with E-state index in [9.17, 15) is 4.79 Å². The van der Waals surface area contributed by atoms with E-state index in [2.05, 4.69) is 36.6 Å². The molecule has 0 unspecified atom stereocenters. The summed E-state index contributed by atoms with van der Waals surface area (Å²) in [5.41, 5.74) is 2.60. The third-order valence-corrected chi connectivity index (χ3v) is 6.22. The van der Waals surface area contributed by atoms with Gasteiger partial charge in [0.05, 0.1) is 36.5 Å². The number of hydrogen-bond acceptors (Lipinski definition) is 8. The number of terminal acetylenes is 1. The Hall–Kier alpha value is -3.55. The summed E-state index contributed by atoms with van der Waals surface area (Å²) in [6.07, 6.45) is 5.43. The molecule has 33 heavy (non-hydrogen) atoms. The Balaban J connectivity index is 1.37. The monoisotopic (exact) mass is 463 g/mol. The summed E-state index contributed by atoms with van der Waals surface area (Å²) < 4.78 is 6.79. The van der Waals surface area contributed by atoms with Crippen LogP contribution >= 0.6 is 11.8 Å². The van der Waals surface area contributed by atoms with Crippen LogP contribution in [0.2, 0.25) is 0 Å². The first kappa shape index (κ1) is 22.6. The van der Waals surface area contributed by atoms with E-state index >= 15 is 0 Å². The van der Waals surface area contributed by atoms with E-state index in [0.717, 1.165) is 49.0 Å². The Morgan fingerprint density at radius 3 is 2.64 bits per heavy atom. The maximum atomic E-state index is 12.7. The second kappa shape index (κ2) is 10.8. The van der Waals surface area contributed by atoms with Crippen LogP contribution in [0, 0.1) is 12.3 Å². The maximum absolute atomic E-state index is 12.7. The van der Waals surface area contributed by atoms with Gasteiger partial charge in [-0.2, -0.15) is 4.68 Å². The summed E-state index contributed by atoms with van der Waals surface area (Å²) in [6, 6.07) is 15.2. The van der Waals surface area contributed by atoms with E-state index < -0.39 is 0 Å². The lowest BCUT2D eigenvalue weighted by molar-refractivity contribution is -0.113. The molecular weight excluding hydrogens is 438 g/mol. The van der Waals surface area contributed by atoms with Crippen molar-refractivity contribution < 1.29 is 9.53 Å². The van der Waals surface area contributed by atoms with Crippen LogP contribution in [-0.4, -0.2) is 76.6 Å². The van der Waals surface area contributed by atoms with Crippen molar-refractivity contribution in [1.82, 2.24) is 25.1 Å². The van der Waals surface area contributed by atoms with Crippen molar-refractivity contribution >= 4 is 29.0 Å². The quantitative estimate of drug-likeness (QED) is 0.402. The van der Waals surface area contributed by atoms with E-state index in [-0.39, 0.29) is 11.7 Å². The molecule has 1 amide bonds. The van der Waals surface area contributed by atoms with Crippen molar-refractivity contribution in [2.45, 2.75) is 5.16 Å². The summed E-state index contributed by atoms with van der Waals surface area (Å²) >= 11 is 1.28. The first-order valence-corrected chi connectivity index (χ1v) is 11.5. The molecule has 2 heterocycles. The Morgan fingerprint density at radius 1 is 1.15 bits per heavy atom. The highest BCUT2D eigenvalue weighted by molar-refractivity contribution is 7.99. The normalized spacial score (nSPS) is 14.0. The standard InChI is InChI=1S/C23H25N7O2S/c1-3-12-28-13-15-29(16-14-28)21-7-5-4-6-20(21)24-22(31)17-33-23-25-26-27-30(23)18-8-10-19(32-2)11-9-18/h1,4-11H,12-17H2,2H3,(H,24,31). The van der Waals surface area contributed by atoms with Crippen molar-refractivity contribution in [1.29, 1.82) is 0 Å². The largest absolute Gasteiger partial charge is 0.497 e. The fraction of sp³-hybridized carbons (Fsp3) is 0.304. The second-order valence-electron chi connectivity index (χ2n) is 7.39. The van der Waals surface area contributed by atoms with Gasteiger partial charge >= 0.3 is 0 Å². The van der Waals surface area contributed by atoms with Gasteiger partial charge in [-0.25, -0.2) is 0 Å². The number of nitrogens with zero attached hydrogens (tertiary/aromatic N) is 6. The lowest BCUT2D eigenvalue weighted by atomic mass is 10.2. The van der Waals surface area contributed by atoms with Gasteiger partial charge in [0.25, 0.3) is 0 Å². The average molecular weight is 464 g/mol. The molecule has 1 saturated heterocycles. The minimum absolute atomic E-state index is 0.123. The topological polar surface area (TPSA) is 88.4 Å². The Morgan fingerprint density at radius 2 is 1.91 bits per heavy atom. The highest BCUT2D eigenvalue weighted by atomic mass is 32.2. The zero-order valence-corrected chi connectivity index (χ0v) is 19.2. The van der Waals surface area contributed by atoms with Crippen LogP contribution in [0.1, 0.15) is 0 Å². The number of methoxy groups -OCH3 is 1. The summed E-state index contributed by atoms with van der Waals surface area (Å²) in [5, 5.41) is 15.4. The van der Waals surface area contributed by atoms with Crippen LogP contribution in [0.5, 0.6) is 5.75 Å². The van der Waals surface area contributed by atoms with Gasteiger partial charge in [0, 0.05) is 26.2 Å². The maximum Gasteiger partial charge on any atom is 0.234 e. The fourth-order valence-corrected chi connectivity index (χ4v) is 4.29. The third-order valence-electron chi connectivity index (χ3n) is 5.30. The van der Waals surface area contributed by atoms with Gasteiger partial charge < -0.3 is 15.0 Å². The van der Waals surface area contributed by atoms with Crippen LogP contribution in [0.3, 0.4) is 0 Å².